The quantitative estimate of drug-likeness (QED) is 0.768. The third-order valence-corrected chi connectivity index (χ3v) is 3.44. The van der Waals surface area contributed by atoms with E-state index in [1.165, 1.54) is 25.7 Å². The van der Waals surface area contributed by atoms with Crippen molar-refractivity contribution in [3.05, 3.63) is 5.82 Å². The van der Waals surface area contributed by atoms with Gasteiger partial charge in [0.1, 0.15) is 0 Å². The zero-order valence-electron chi connectivity index (χ0n) is 10.2. The highest BCUT2D eigenvalue weighted by molar-refractivity contribution is 4.93. The van der Waals surface area contributed by atoms with Gasteiger partial charge in [0, 0.05) is 0 Å². The lowest BCUT2D eigenvalue weighted by molar-refractivity contribution is 0.277. The molecule has 5 heteroatoms. The van der Waals surface area contributed by atoms with E-state index in [1.54, 1.807) is 0 Å². The van der Waals surface area contributed by atoms with E-state index in [0.717, 1.165) is 25.3 Å². The molecular formula is C11H21N5. The zero-order chi connectivity index (χ0) is 11.4. The van der Waals surface area contributed by atoms with Crippen molar-refractivity contribution >= 4 is 0 Å². The zero-order valence-corrected chi connectivity index (χ0v) is 10.2. The Hall–Kier alpha value is -0.970. The monoisotopic (exact) mass is 223 g/mol. The van der Waals surface area contributed by atoms with Gasteiger partial charge in [0.15, 0.2) is 5.82 Å². The second-order valence-corrected chi connectivity index (χ2v) is 4.89. The van der Waals surface area contributed by atoms with E-state index in [4.69, 9.17) is 0 Å². The molecule has 1 aromatic rings. The van der Waals surface area contributed by atoms with Crippen LogP contribution in [-0.4, -0.2) is 26.8 Å². The smallest absolute Gasteiger partial charge is 0.165 e. The van der Waals surface area contributed by atoms with Crippen molar-refractivity contribution in [1.82, 2.24) is 25.5 Å². The molecule has 1 fully saturated rings. The molecule has 1 aliphatic rings. The van der Waals surface area contributed by atoms with Gasteiger partial charge in [0.25, 0.3) is 0 Å². The number of aromatic nitrogens is 4. The molecule has 0 saturated heterocycles. The van der Waals surface area contributed by atoms with E-state index < -0.39 is 0 Å². The number of nitrogens with zero attached hydrogens (tertiary/aromatic N) is 4. The summed E-state index contributed by atoms with van der Waals surface area (Å²) in [4.78, 5) is 0. The van der Waals surface area contributed by atoms with E-state index in [9.17, 15) is 0 Å². The highest BCUT2D eigenvalue weighted by Crippen LogP contribution is 2.35. The minimum Gasteiger partial charge on any atom is -0.310 e. The lowest BCUT2D eigenvalue weighted by atomic mass is 10.0. The van der Waals surface area contributed by atoms with Crippen LogP contribution >= 0.6 is 0 Å². The molecule has 0 bridgehead atoms. The molecule has 5 nitrogen and oxygen atoms in total. The summed E-state index contributed by atoms with van der Waals surface area (Å²) in [6, 6.07) is 0. The molecule has 16 heavy (non-hydrogen) atoms. The fourth-order valence-electron chi connectivity index (χ4n) is 2.46. The summed E-state index contributed by atoms with van der Waals surface area (Å²) in [7, 11) is 0. The lowest BCUT2D eigenvalue weighted by Gasteiger charge is -2.24. The molecule has 1 aliphatic carbocycles. The van der Waals surface area contributed by atoms with Crippen LogP contribution in [0.3, 0.4) is 0 Å². The van der Waals surface area contributed by atoms with Gasteiger partial charge in [-0.2, -0.15) is 0 Å². The van der Waals surface area contributed by atoms with Crippen molar-refractivity contribution in [3.63, 3.8) is 0 Å². The van der Waals surface area contributed by atoms with E-state index in [1.807, 2.05) is 4.68 Å². The number of tetrazole rings is 1. The Balaban J connectivity index is 2.06. The highest BCUT2D eigenvalue weighted by atomic mass is 15.6. The summed E-state index contributed by atoms with van der Waals surface area (Å²) in [5, 5.41) is 15.5. The summed E-state index contributed by atoms with van der Waals surface area (Å²) in [6.45, 7) is 6.22. The van der Waals surface area contributed by atoms with E-state index in [2.05, 4.69) is 34.7 Å². The molecule has 1 N–H and O–H groups in total. The fourth-order valence-corrected chi connectivity index (χ4v) is 2.46. The summed E-state index contributed by atoms with van der Waals surface area (Å²) >= 11 is 0. The topological polar surface area (TPSA) is 55.6 Å². The number of hydrogen-bond acceptors (Lipinski definition) is 4. The average Bonchev–Trinajstić information content (AvgIpc) is 2.88. The van der Waals surface area contributed by atoms with Crippen LogP contribution in [0.15, 0.2) is 0 Å². The minimum absolute atomic E-state index is 0.146. The number of nitrogens with one attached hydrogen (secondary N) is 1. The molecule has 0 amide bonds. The van der Waals surface area contributed by atoms with Crippen molar-refractivity contribution in [3.8, 4) is 0 Å². The summed E-state index contributed by atoms with van der Waals surface area (Å²) in [5.41, 5.74) is 0.146. The van der Waals surface area contributed by atoms with Crippen molar-refractivity contribution in [1.29, 1.82) is 0 Å². The molecule has 2 rings (SSSR count). The first-order valence-electron chi connectivity index (χ1n) is 6.25. The molecule has 0 aliphatic heterocycles. The molecule has 0 spiro atoms. The van der Waals surface area contributed by atoms with Crippen molar-refractivity contribution < 1.29 is 0 Å². The molecule has 1 aromatic heterocycles. The largest absolute Gasteiger partial charge is 0.310 e. The normalized spacial score (nSPS) is 19.1. The predicted molar refractivity (Wildman–Crippen MR) is 61.9 cm³/mol. The van der Waals surface area contributed by atoms with Crippen molar-refractivity contribution in [2.75, 3.05) is 6.54 Å². The maximum Gasteiger partial charge on any atom is 0.165 e. The van der Waals surface area contributed by atoms with Gasteiger partial charge in [-0.25, -0.2) is 4.68 Å². The van der Waals surface area contributed by atoms with Gasteiger partial charge in [-0.15, -0.1) is 5.10 Å². The average molecular weight is 223 g/mol. The maximum absolute atomic E-state index is 4.16. The van der Waals surface area contributed by atoms with Crippen molar-refractivity contribution in [2.24, 2.45) is 0 Å². The SMILES string of the molecule is CCCNCc1nnnn1C1(C)CCCC1. The van der Waals surface area contributed by atoms with Crippen LogP contribution in [0, 0.1) is 0 Å². The first-order valence-corrected chi connectivity index (χ1v) is 6.25. The third-order valence-electron chi connectivity index (χ3n) is 3.44. The Morgan fingerprint density at radius 2 is 2.12 bits per heavy atom. The minimum atomic E-state index is 0.146. The van der Waals surface area contributed by atoms with E-state index in [0.29, 0.717) is 0 Å². The van der Waals surface area contributed by atoms with Gasteiger partial charge in [-0.1, -0.05) is 19.8 Å². The Morgan fingerprint density at radius 1 is 1.38 bits per heavy atom. The highest BCUT2D eigenvalue weighted by Gasteiger charge is 2.33. The van der Waals surface area contributed by atoms with Crippen molar-refractivity contribution in [2.45, 2.75) is 58.0 Å². The number of rotatable bonds is 5. The standard InChI is InChI=1S/C11H21N5/c1-3-8-12-9-10-13-14-15-16(10)11(2)6-4-5-7-11/h12H,3-9H2,1-2H3. The number of hydrogen-bond donors (Lipinski definition) is 1. The lowest BCUT2D eigenvalue weighted by Crippen LogP contribution is -2.31. The summed E-state index contributed by atoms with van der Waals surface area (Å²) in [5.74, 6) is 0.970. The second kappa shape index (κ2) is 4.91. The van der Waals surface area contributed by atoms with Gasteiger partial charge >= 0.3 is 0 Å². The maximum atomic E-state index is 4.16. The second-order valence-electron chi connectivity index (χ2n) is 4.89. The molecule has 0 atom stereocenters. The van der Waals surface area contributed by atoms with Gasteiger partial charge < -0.3 is 5.32 Å². The van der Waals surface area contributed by atoms with Gasteiger partial charge in [-0.05, 0) is 43.2 Å². The van der Waals surface area contributed by atoms with Gasteiger partial charge in [0.2, 0.25) is 0 Å². The van der Waals surface area contributed by atoms with Crippen LogP contribution in [0.1, 0.15) is 51.8 Å². The summed E-state index contributed by atoms with van der Waals surface area (Å²) in [6.07, 6.45) is 6.10. The van der Waals surface area contributed by atoms with Crippen LogP contribution in [0.5, 0.6) is 0 Å². The van der Waals surface area contributed by atoms with Gasteiger partial charge in [-0.3, -0.25) is 0 Å². The molecule has 1 saturated carbocycles. The van der Waals surface area contributed by atoms with Crippen LogP contribution in [0.2, 0.25) is 0 Å². The molecule has 90 valence electrons. The van der Waals surface area contributed by atoms with E-state index >= 15 is 0 Å². The van der Waals surface area contributed by atoms with Crippen LogP contribution in [0.4, 0.5) is 0 Å². The predicted octanol–water partition coefficient (Wildman–Crippen LogP) is 1.46. The fraction of sp³-hybridized carbons (Fsp3) is 0.909. The molecule has 0 unspecified atom stereocenters. The van der Waals surface area contributed by atoms with Gasteiger partial charge in [0.05, 0.1) is 12.1 Å². The van der Waals surface area contributed by atoms with Crippen LogP contribution < -0.4 is 5.32 Å². The molecular weight excluding hydrogens is 202 g/mol. The van der Waals surface area contributed by atoms with Crippen LogP contribution in [0.25, 0.3) is 0 Å². The Morgan fingerprint density at radius 3 is 2.81 bits per heavy atom. The van der Waals surface area contributed by atoms with E-state index in [-0.39, 0.29) is 5.54 Å². The first kappa shape index (κ1) is 11.5. The molecule has 0 radical (unpaired) electrons. The third kappa shape index (κ3) is 2.24. The molecule has 0 aromatic carbocycles. The Kier molecular flexibility index (Phi) is 3.53. The van der Waals surface area contributed by atoms with Crippen LogP contribution in [-0.2, 0) is 12.1 Å². The molecule has 1 heterocycles. The Labute approximate surface area is 96.6 Å². The first-order chi connectivity index (χ1) is 7.76. The summed E-state index contributed by atoms with van der Waals surface area (Å²) < 4.78 is 2.03. The Bertz CT molecular complexity index is 327.